The summed E-state index contributed by atoms with van der Waals surface area (Å²) in [4.78, 5) is 12.1. The van der Waals surface area contributed by atoms with Crippen molar-refractivity contribution in [1.82, 2.24) is 9.80 Å². The van der Waals surface area contributed by atoms with Crippen LogP contribution in [0.4, 0.5) is 0 Å². The first kappa shape index (κ1) is 15.8. The minimum absolute atomic E-state index is 0.525. The Morgan fingerprint density at radius 1 is 0.800 bits per heavy atom. The maximum absolute atomic E-state index is 5.74. The van der Waals surface area contributed by atoms with Crippen LogP contribution in [0.3, 0.4) is 0 Å². The van der Waals surface area contributed by atoms with Gasteiger partial charge in [-0.1, -0.05) is 24.3 Å². The van der Waals surface area contributed by atoms with Gasteiger partial charge in [0.05, 0.1) is 13.1 Å². The molecule has 0 aliphatic carbocycles. The fraction of sp³-hybridized carbons (Fsp3) is 0.429. The Balaban J connectivity index is 2.61. The van der Waals surface area contributed by atoms with Crippen LogP contribution in [0.25, 0.3) is 0 Å². The van der Waals surface area contributed by atoms with Crippen molar-refractivity contribution in [2.24, 2.45) is 21.5 Å². The quantitative estimate of drug-likeness (QED) is 0.617. The van der Waals surface area contributed by atoms with Gasteiger partial charge >= 0.3 is 0 Å². The predicted octanol–water partition coefficient (Wildman–Crippen LogP) is 0.439. The fourth-order valence-electron chi connectivity index (χ4n) is 1.38. The molecule has 1 rings (SSSR count). The van der Waals surface area contributed by atoms with Crippen LogP contribution in [0.5, 0.6) is 0 Å². The van der Waals surface area contributed by atoms with Gasteiger partial charge in [0.1, 0.15) is 0 Å². The molecule has 0 saturated carbocycles. The monoisotopic (exact) mass is 276 g/mol. The van der Waals surface area contributed by atoms with Crippen molar-refractivity contribution in [3.63, 3.8) is 0 Å². The second-order valence-electron chi connectivity index (χ2n) is 4.95. The maximum Gasteiger partial charge on any atom is 0.191 e. The first-order valence-electron chi connectivity index (χ1n) is 6.42. The highest BCUT2D eigenvalue weighted by Crippen LogP contribution is 2.07. The molecule has 20 heavy (non-hydrogen) atoms. The molecule has 0 atom stereocenters. The molecule has 4 N–H and O–H groups in total. The van der Waals surface area contributed by atoms with Crippen LogP contribution in [-0.2, 0) is 13.1 Å². The van der Waals surface area contributed by atoms with Crippen LogP contribution >= 0.6 is 0 Å². The Morgan fingerprint density at radius 2 is 1.10 bits per heavy atom. The normalized spacial score (nSPS) is 12.4. The van der Waals surface area contributed by atoms with E-state index in [2.05, 4.69) is 9.98 Å². The van der Waals surface area contributed by atoms with Crippen LogP contribution in [0.15, 0.2) is 34.3 Å². The molecule has 6 heteroatoms. The summed E-state index contributed by atoms with van der Waals surface area (Å²) in [5, 5.41) is 0. The third-order valence-corrected chi connectivity index (χ3v) is 2.79. The highest BCUT2D eigenvalue weighted by molar-refractivity contribution is 5.77. The van der Waals surface area contributed by atoms with Gasteiger partial charge in [-0.25, -0.2) is 9.98 Å². The highest BCUT2D eigenvalue weighted by atomic mass is 15.2. The number of aliphatic imine (C=N–C) groups is 2. The fourth-order valence-corrected chi connectivity index (χ4v) is 1.38. The zero-order chi connectivity index (χ0) is 15.1. The van der Waals surface area contributed by atoms with E-state index < -0.39 is 0 Å². The number of hydrogen-bond donors (Lipinski definition) is 2. The molecule has 1 aromatic carbocycles. The third-order valence-electron chi connectivity index (χ3n) is 2.79. The smallest absolute Gasteiger partial charge is 0.191 e. The van der Waals surface area contributed by atoms with Crippen molar-refractivity contribution in [1.29, 1.82) is 0 Å². The highest BCUT2D eigenvalue weighted by Gasteiger charge is 1.98. The topological polar surface area (TPSA) is 83.2 Å². The molecule has 0 unspecified atom stereocenters. The summed E-state index contributed by atoms with van der Waals surface area (Å²) in [6.07, 6.45) is 0. The third kappa shape index (κ3) is 5.17. The lowest BCUT2D eigenvalue weighted by Crippen LogP contribution is -2.30. The molecule has 0 amide bonds. The van der Waals surface area contributed by atoms with Crippen molar-refractivity contribution in [2.75, 3.05) is 28.2 Å². The first-order chi connectivity index (χ1) is 9.40. The minimum Gasteiger partial charge on any atom is -0.370 e. The Morgan fingerprint density at radius 3 is 1.35 bits per heavy atom. The van der Waals surface area contributed by atoms with E-state index in [0.717, 1.165) is 11.1 Å². The molecule has 6 nitrogen and oxygen atoms in total. The van der Waals surface area contributed by atoms with Gasteiger partial charge in [0.2, 0.25) is 0 Å². The molecule has 110 valence electrons. The van der Waals surface area contributed by atoms with Gasteiger partial charge in [0.25, 0.3) is 0 Å². The molecule has 1 aromatic rings. The van der Waals surface area contributed by atoms with E-state index in [0.29, 0.717) is 25.0 Å². The first-order valence-corrected chi connectivity index (χ1v) is 6.42. The SMILES string of the molecule is CN(C)C(N)=NCc1ccc(CN=C(N)N(C)C)cc1. The van der Waals surface area contributed by atoms with Crippen molar-refractivity contribution in [2.45, 2.75) is 13.1 Å². The van der Waals surface area contributed by atoms with Gasteiger partial charge in [-0.05, 0) is 11.1 Å². The largest absolute Gasteiger partial charge is 0.370 e. The number of nitrogens with two attached hydrogens (primary N) is 2. The van der Waals surface area contributed by atoms with E-state index in [9.17, 15) is 0 Å². The van der Waals surface area contributed by atoms with E-state index in [4.69, 9.17) is 11.5 Å². The van der Waals surface area contributed by atoms with Crippen LogP contribution in [0.2, 0.25) is 0 Å². The number of hydrogen-bond acceptors (Lipinski definition) is 2. The van der Waals surface area contributed by atoms with Crippen LogP contribution < -0.4 is 11.5 Å². The lowest BCUT2D eigenvalue weighted by molar-refractivity contribution is 0.609. The van der Waals surface area contributed by atoms with E-state index in [1.807, 2.05) is 52.5 Å². The van der Waals surface area contributed by atoms with Crippen LogP contribution in [0.1, 0.15) is 11.1 Å². The number of rotatable bonds is 4. The summed E-state index contributed by atoms with van der Waals surface area (Å²) in [6.45, 7) is 1.15. The van der Waals surface area contributed by atoms with Gasteiger partial charge in [-0.15, -0.1) is 0 Å². The summed E-state index contributed by atoms with van der Waals surface area (Å²) in [5.41, 5.74) is 13.7. The van der Waals surface area contributed by atoms with E-state index in [1.54, 1.807) is 9.80 Å². The van der Waals surface area contributed by atoms with Crippen LogP contribution in [0, 0.1) is 0 Å². The molecular weight excluding hydrogens is 252 g/mol. The van der Waals surface area contributed by atoms with E-state index in [-0.39, 0.29) is 0 Å². The van der Waals surface area contributed by atoms with Gasteiger partial charge in [-0.2, -0.15) is 0 Å². The molecule has 0 aliphatic heterocycles. The number of nitrogens with zero attached hydrogens (tertiary/aromatic N) is 4. The molecular formula is C14H24N6. The zero-order valence-corrected chi connectivity index (χ0v) is 12.7. The molecule has 0 heterocycles. The standard InChI is InChI=1S/C14H24N6/c1-19(2)13(15)17-9-11-5-7-12(8-6-11)10-18-14(16)20(3)4/h5-8H,9-10H2,1-4H3,(H2,15,17)(H2,16,18). The summed E-state index contributed by atoms with van der Waals surface area (Å²) in [5.74, 6) is 1.05. The van der Waals surface area contributed by atoms with Crippen molar-refractivity contribution >= 4 is 11.9 Å². The molecule has 0 aromatic heterocycles. The number of guanidine groups is 2. The summed E-state index contributed by atoms with van der Waals surface area (Å²) in [6, 6.07) is 8.12. The van der Waals surface area contributed by atoms with Gasteiger partial charge in [-0.3, -0.25) is 0 Å². The molecule has 0 aliphatic rings. The summed E-state index contributed by atoms with van der Waals surface area (Å²) >= 11 is 0. The molecule has 0 bridgehead atoms. The van der Waals surface area contributed by atoms with Gasteiger partial charge < -0.3 is 21.3 Å². The minimum atomic E-state index is 0.525. The Bertz CT molecular complexity index is 428. The average molecular weight is 276 g/mol. The molecule has 0 saturated heterocycles. The second-order valence-corrected chi connectivity index (χ2v) is 4.95. The second kappa shape index (κ2) is 7.37. The molecule has 0 spiro atoms. The summed E-state index contributed by atoms with van der Waals surface area (Å²) < 4.78 is 0. The average Bonchev–Trinajstić information content (AvgIpc) is 2.42. The van der Waals surface area contributed by atoms with E-state index >= 15 is 0 Å². The van der Waals surface area contributed by atoms with Crippen molar-refractivity contribution in [3.8, 4) is 0 Å². The van der Waals surface area contributed by atoms with Crippen molar-refractivity contribution in [3.05, 3.63) is 35.4 Å². The lowest BCUT2D eigenvalue weighted by Gasteiger charge is -2.11. The lowest BCUT2D eigenvalue weighted by atomic mass is 10.1. The molecule has 0 fully saturated rings. The van der Waals surface area contributed by atoms with Crippen molar-refractivity contribution < 1.29 is 0 Å². The molecule has 0 radical (unpaired) electrons. The van der Waals surface area contributed by atoms with Gasteiger partial charge in [0.15, 0.2) is 11.9 Å². The summed E-state index contributed by atoms with van der Waals surface area (Å²) in [7, 11) is 7.48. The predicted molar refractivity (Wildman–Crippen MR) is 84.5 cm³/mol. The van der Waals surface area contributed by atoms with E-state index in [1.165, 1.54) is 0 Å². The maximum atomic E-state index is 5.74. The Labute approximate surface area is 120 Å². The van der Waals surface area contributed by atoms with Crippen LogP contribution in [-0.4, -0.2) is 49.9 Å². The van der Waals surface area contributed by atoms with Gasteiger partial charge in [0, 0.05) is 28.2 Å². The number of benzene rings is 1. The Kier molecular flexibility index (Phi) is 5.83. The zero-order valence-electron chi connectivity index (χ0n) is 12.7. The Hall–Kier alpha value is -2.24.